The van der Waals surface area contributed by atoms with Crippen molar-refractivity contribution in [2.24, 2.45) is 0 Å². The Morgan fingerprint density at radius 3 is 2.57 bits per heavy atom. The highest BCUT2D eigenvalue weighted by molar-refractivity contribution is 6.09. The molecule has 1 aromatic heterocycles. The van der Waals surface area contributed by atoms with Crippen LogP contribution in [0.4, 0.5) is 0 Å². The largest absolute Gasteiger partial charge is 0.454 e. The lowest BCUT2D eigenvalue weighted by Gasteiger charge is -2.05. The number of ketones is 1. The lowest BCUT2D eigenvalue weighted by molar-refractivity contribution is 0.0475. The third kappa shape index (κ3) is 4.27. The molecule has 0 bridgehead atoms. The molecule has 0 N–H and O–H groups in total. The Morgan fingerprint density at radius 1 is 1.11 bits per heavy atom. The van der Waals surface area contributed by atoms with Crippen LogP contribution in [0.25, 0.3) is 10.9 Å². The minimum Gasteiger partial charge on any atom is -0.454 e. The lowest BCUT2D eigenvalue weighted by Crippen LogP contribution is -2.14. The van der Waals surface area contributed by atoms with Crippen molar-refractivity contribution in [2.45, 2.75) is 19.6 Å². The van der Waals surface area contributed by atoms with Crippen LogP contribution in [0.5, 0.6) is 0 Å². The van der Waals surface area contributed by atoms with Crippen molar-refractivity contribution in [2.75, 3.05) is 13.7 Å². The van der Waals surface area contributed by atoms with Crippen LogP contribution < -0.4 is 0 Å². The number of carbonyl (C=O) groups excluding carboxylic acids is 2. The predicted octanol–water partition coefficient (Wildman–Crippen LogP) is 3.74. The zero-order chi connectivity index (χ0) is 19.9. The zero-order valence-corrected chi connectivity index (χ0v) is 15.6. The summed E-state index contributed by atoms with van der Waals surface area (Å²) in [6.45, 7) is 0.618. The maximum Gasteiger partial charge on any atom is 0.338 e. The molecule has 6 nitrogen and oxygen atoms in total. The average Bonchev–Trinajstić information content (AvgIpc) is 3.10. The number of hydrogen-bond acceptors (Lipinski definition) is 5. The number of ether oxygens (including phenoxy) is 2. The van der Waals surface area contributed by atoms with Gasteiger partial charge in [0.25, 0.3) is 0 Å². The molecule has 6 heteroatoms. The third-order valence-electron chi connectivity index (χ3n) is 4.39. The minimum atomic E-state index is -0.550. The fourth-order valence-electron chi connectivity index (χ4n) is 3.02. The van der Waals surface area contributed by atoms with Gasteiger partial charge in [0.05, 0.1) is 24.7 Å². The smallest absolute Gasteiger partial charge is 0.338 e. The van der Waals surface area contributed by atoms with Gasteiger partial charge < -0.3 is 14.0 Å². The van der Waals surface area contributed by atoms with Crippen molar-refractivity contribution < 1.29 is 19.1 Å². The molecular formula is C22H20N2O4. The molecule has 0 aliphatic rings. The SMILES string of the molecule is COCc1ccc(C(=O)OCC(=O)c2cn(CCC#N)c3ccccc23)cc1. The van der Waals surface area contributed by atoms with Crippen LogP contribution in [0.3, 0.4) is 0 Å². The Labute approximate surface area is 162 Å². The van der Waals surface area contributed by atoms with E-state index in [-0.39, 0.29) is 12.4 Å². The van der Waals surface area contributed by atoms with Crippen LogP contribution in [0.1, 0.15) is 32.7 Å². The first kappa shape index (κ1) is 19.3. The first-order valence-corrected chi connectivity index (χ1v) is 8.87. The quantitative estimate of drug-likeness (QED) is 0.442. The normalized spacial score (nSPS) is 10.6. The Bertz CT molecular complexity index is 1030. The second kappa shape index (κ2) is 8.98. The van der Waals surface area contributed by atoms with Gasteiger partial charge in [-0.2, -0.15) is 5.26 Å². The van der Waals surface area contributed by atoms with Gasteiger partial charge in [-0.3, -0.25) is 4.79 Å². The van der Waals surface area contributed by atoms with E-state index in [4.69, 9.17) is 14.7 Å². The van der Waals surface area contributed by atoms with Crippen LogP contribution in [-0.2, 0) is 22.6 Å². The van der Waals surface area contributed by atoms with Crippen molar-refractivity contribution in [3.05, 3.63) is 71.4 Å². The van der Waals surface area contributed by atoms with E-state index in [0.29, 0.717) is 30.7 Å². The van der Waals surface area contributed by atoms with E-state index in [1.165, 1.54) is 0 Å². The summed E-state index contributed by atoms with van der Waals surface area (Å²) in [6.07, 6.45) is 2.07. The highest BCUT2D eigenvalue weighted by Gasteiger charge is 2.17. The average molecular weight is 376 g/mol. The van der Waals surface area contributed by atoms with Crippen LogP contribution in [0.2, 0.25) is 0 Å². The summed E-state index contributed by atoms with van der Waals surface area (Å²) in [5.74, 6) is -0.832. The van der Waals surface area contributed by atoms with Crippen molar-refractivity contribution in [3.63, 3.8) is 0 Å². The number of rotatable bonds is 8. The molecular weight excluding hydrogens is 356 g/mol. The number of carbonyl (C=O) groups is 2. The number of aromatic nitrogens is 1. The minimum absolute atomic E-state index is 0.281. The number of para-hydroxylation sites is 1. The number of esters is 1. The van der Waals surface area contributed by atoms with Crippen LogP contribution in [-0.4, -0.2) is 30.0 Å². The standard InChI is InChI=1S/C22H20N2O4/c1-27-14-16-7-9-17(10-8-16)22(26)28-15-21(25)19-13-24(12-4-11-23)20-6-3-2-5-18(19)20/h2-3,5-10,13H,4,12,14-15H2,1H3. The summed E-state index contributed by atoms with van der Waals surface area (Å²) < 4.78 is 12.1. The number of hydrogen-bond donors (Lipinski definition) is 0. The third-order valence-corrected chi connectivity index (χ3v) is 4.39. The van der Waals surface area contributed by atoms with Gasteiger partial charge in [0, 0.05) is 36.3 Å². The zero-order valence-electron chi connectivity index (χ0n) is 15.6. The molecule has 0 saturated carbocycles. The first-order valence-electron chi connectivity index (χ1n) is 8.87. The summed E-state index contributed by atoms with van der Waals surface area (Å²) in [4.78, 5) is 24.9. The van der Waals surface area contributed by atoms with Gasteiger partial charge in [-0.15, -0.1) is 0 Å². The van der Waals surface area contributed by atoms with E-state index >= 15 is 0 Å². The molecule has 0 amide bonds. The van der Waals surface area contributed by atoms with Gasteiger partial charge in [-0.25, -0.2) is 4.79 Å². The molecule has 0 spiro atoms. The van der Waals surface area contributed by atoms with E-state index in [1.807, 2.05) is 28.8 Å². The van der Waals surface area contributed by atoms with Crippen LogP contribution in [0, 0.1) is 11.3 Å². The Kier molecular flexibility index (Phi) is 6.20. The number of fused-ring (bicyclic) bond motifs is 1. The molecule has 0 unspecified atom stereocenters. The van der Waals surface area contributed by atoms with E-state index in [2.05, 4.69) is 6.07 Å². The van der Waals surface area contributed by atoms with E-state index in [0.717, 1.165) is 16.5 Å². The summed E-state index contributed by atoms with van der Waals surface area (Å²) in [5.41, 5.74) is 2.68. The molecule has 3 aromatic rings. The first-order chi connectivity index (χ1) is 13.6. The van der Waals surface area contributed by atoms with Crippen molar-refractivity contribution >= 4 is 22.7 Å². The number of benzene rings is 2. The second-order valence-corrected chi connectivity index (χ2v) is 6.29. The number of nitriles is 1. The van der Waals surface area contributed by atoms with Gasteiger partial charge in [0.1, 0.15) is 0 Å². The maximum atomic E-state index is 12.6. The van der Waals surface area contributed by atoms with Crippen molar-refractivity contribution in [1.29, 1.82) is 5.26 Å². The van der Waals surface area contributed by atoms with Crippen molar-refractivity contribution in [3.8, 4) is 6.07 Å². The second-order valence-electron chi connectivity index (χ2n) is 6.29. The van der Waals surface area contributed by atoms with E-state index < -0.39 is 5.97 Å². The Hall–Kier alpha value is -3.43. The fourth-order valence-corrected chi connectivity index (χ4v) is 3.02. The molecule has 0 saturated heterocycles. The maximum absolute atomic E-state index is 12.6. The molecule has 1 heterocycles. The number of aryl methyl sites for hydroxylation is 1. The summed E-state index contributed by atoms with van der Waals surface area (Å²) >= 11 is 0. The highest BCUT2D eigenvalue weighted by atomic mass is 16.5. The highest BCUT2D eigenvalue weighted by Crippen LogP contribution is 2.22. The van der Waals surface area contributed by atoms with Crippen LogP contribution >= 0.6 is 0 Å². The number of nitrogens with zero attached hydrogens (tertiary/aromatic N) is 2. The number of Topliss-reactive ketones (excluding diaryl/α,β-unsaturated/α-hetero) is 1. The monoisotopic (exact) mass is 376 g/mol. The van der Waals surface area contributed by atoms with Gasteiger partial charge in [0.2, 0.25) is 5.78 Å². The predicted molar refractivity (Wildman–Crippen MR) is 104 cm³/mol. The molecule has 2 aromatic carbocycles. The van der Waals surface area contributed by atoms with Crippen LogP contribution in [0.15, 0.2) is 54.7 Å². The van der Waals surface area contributed by atoms with E-state index in [1.54, 1.807) is 37.6 Å². The molecule has 142 valence electrons. The van der Waals surface area contributed by atoms with Gasteiger partial charge in [-0.1, -0.05) is 30.3 Å². The van der Waals surface area contributed by atoms with Gasteiger partial charge in [-0.05, 0) is 23.8 Å². The summed E-state index contributed by atoms with van der Waals surface area (Å²) in [6, 6.07) is 16.4. The van der Waals surface area contributed by atoms with Gasteiger partial charge in [0.15, 0.2) is 6.61 Å². The van der Waals surface area contributed by atoms with Gasteiger partial charge >= 0.3 is 5.97 Å². The molecule has 28 heavy (non-hydrogen) atoms. The topological polar surface area (TPSA) is 81.3 Å². The molecule has 3 rings (SSSR count). The Balaban J connectivity index is 1.71. The molecule has 0 fully saturated rings. The molecule has 0 aliphatic heterocycles. The number of methoxy groups -OCH3 is 1. The molecule has 0 atom stereocenters. The lowest BCUT2D eigenvalue weighted by atomic mass is 10.1. The molecule has 0 radical (unpaired) electrons. The summed E-state index contributed by atoms with van der Waals surface area (Å²) in [7, 11) is 1.60. The van der Waals surface area contributed by atoms with E-state index in [9.17, 15) is 9.59 Å². The summed E-state index contributed by atoms with van der Waals surface area (Å²) in [5, 5.41) is 9.60. The fraction of sp³-hybridized carbons (Fsp3) is 0.227. The molecule has 0 aliphatic carbocycles. The Morgan fingerprint density at radius 2 is 1.86 bits per heavy atom. The van der Waals surface area contributed by atoms with Crippen molar-refractivity contribution in [1.82, 2.24) is 4.57 Å².